The monoisotopic (exact) mass is 328 g/mol. The smallest absolute Gasteiger partial charge is 0.0635 e. The van der Waals surface area contributed by atoms with Crippen molar-refractivity contribution in [3.05, 3.63) is 16.4 Å². The Morgan fingerprint density at radius 3 is 2.95 bits per heavy atom. The first kappa shape index (κ1) is 15.0. The maximum absolute atomic E-state index is 4.55. The summed E-state index contributed by atoms with van der Waals surface area (Å²) in [4.78, 5) is 2.21. The summed E-state index contributed by atoms with van der Waals surface area (Å²) in [5, 5.41) is 7.89. The van der Waals surface area contributed by atoms with Gasteiger partial charge in [-0.3, -0.25) is 4.68 Å². The fourth-order valence-electron chi connectivity index (χ4n) is 3.12. The molecule has 0 aromatic carbocycles. The summed E-state index contributed by atoms with van der Waals surface area (Å²) in [6, 6.07) is 0. The van der Waals surface area contributed by atoms with Gasteiger partial charge in [-0.05, 0) is 62.4 Å². The zero-order chi connectivity index (χ0) is 13.8. The standard InChI is InChI=1S/C14H25BrN4/c1-16-9-11-5-4-6-12(11)14-13(15)10-17-19(14)8-7-18(2)3/h10-12,16H,4-9H2,1-3H3. The van der Waals surface area contributed by atoms with E-state index in [4.69, 9.17) is 0 Å². The van der Waals surface area contributed by atoms with Crippen LogP contribution in [0.3, 0.4) is 0 Å². The van der Waals surface area contributed by atoms with Crippen LogP contribution in [0.1, 0.15) is 30.9 Å². The van der Waals surface area contributed by atoms with Crippen molar-refractivity contribution >= 4 is 15.9 Å². The van der Waals surface area contributed by atoms with Gasteiger partial charge in [0.25, 0.3) is 0 Å². The summed E-state index contributed by atoms with van der Waals surface area (Å²) in [6.07, 6.45) is 5.91. The lowest BCUT2D eigenvalue weighted by Crippen LogP contribution is -2.25. The van der Waals surface area contributed by atoms with Crippen molar-refractivity contribution in [1.29, 1.82) is 0 Å². The van der Waals surface area contributed by atoms with E-state index in [1.54, 1.807) is 0 Å². The fourth-order valence-corrected chi connectivity index (χ4v) is 3.71. The molecule has 0 aliphatic heterocycles. The van der Waals surface area contributed by atoms with Crippen LogP contribution in [0.25, 0.3) is 0 Å². The van der Waals surface area contributed by atoms with Gasteiger partial charge in [0.2, 0.25) is 0 Å². The van der Waals surface area contributed by atoms with Crippen molar-refractivity contribution in [3.8, 4) is 0 Å². The molecule has 1 N–H and O–H groups in total. The fraction of sp³-hybridized carbons (Fsp3) is 0.786. The molecule has 1 aliphatic carbocycles. The van der Waals surface area contributed by atoms with E-state index in [1.807, 2.05) is 13.2 Å². The first-order valence-corrected chi connectivity index (χ1v) is 7.93. The van der Waals surface area contributed by atoms with Crippen LogP contribution >= 0.6 is 15.9 Å². The van der Waals surface area contributed by atoms with E-state index in [0.29, 0.717) is 5.92 Å². The van der Waals surface area contributed by atoms with Crippen LogP contribution in [0, 0.1) is 5.92 Å². The number of halogens is 1. The summed E-state index contributed by atoms with van der Waals surface area (Å²) in [5.74, 6) is 1.39. The normalized spacial score (nSPS) is 23.4. The van der Waals surface area contributed by atoms with E-state index in [0.717, 1.165) is 25.6 Å². The number of nitrogens with zero attached hydrogens (tertiary/aromatic N) is 3. The lowest BCUT2D eigenvalue weighted by atomic mass is 9.92. The third kappa shape index (κ3) is 3.58. The highest BCUT2D eigenvalue weighted by Gasteiger charge is 2.32. The maximum Gasteiger partial charge on any atom is 0.0635 e. The van der Waals surface area contributed by atoms with Crippen LogP contribution in [0.15, 0.2) is 10.7 Å². The van der Waals surface area contributed by atoms with E-state index < -0.39 is 0 Å². The molecular weight excluding hydrogens is 304 g/mol. The lowest BCUT2D eigenvalue weighted by Gasteiger charge is -2.22. The Hall–Kier alpha value is -0.390. The third-order valence-corrected chi connectivity index (χ3v) is 4.68. The van der Waals surface area contributed by atoms with E-state index in [9.17, 15) is 0 Å². The molecule has 1 aliphatic rings. The summed E-state index contributed by atoms with van der Waals surface area (Å²) in [7, 11) is 6.27. The van der Waals surface area contributed by atoms with Crippen molar-refractivity contribution in [1.82, 2.24) is 20.0 Å². The summed E-state index contributed by atoms with van der Waals surface area (Å²) < 4.78 is 3.38. The zero-order valence-electron chi connectivity index (χ0n) is 12.2. The van der Waals surface area contributed by atoms with Gasteiger partial charge in [-0.2, -0.15) is 5.10 Å². The van der Waals surface area contributed by atoms with Gasteiger partial charge in [-0.15, -0.1) is 0 Å². The lowest BCUT2D eigenvalue weighted by molar-refractivity contribution is 0.358. The molecule has 1 aromatic rings. The number of hydrogen-bond donors (Lipinski definition) is 1. The predicted octanol–water partition coefficient (Wildman–Crippen LogP) is 2.31. The van der Waals surface area contributed by atoms with Gasteiger partial charge in [-0.1, -0.05) is 6.42 Å². The molecule has 0 spiro atoms. The molecule has 1 saturated carbocycles. The van der Waals surface area contributed by atoms with Crippen LogP contribution in [0.5, 0.6) is 0 Å². The van der Waals surface area contributed by atoms with Crippen molar-refractivity contribution in [2.45, 2.75) is 31.7 Å². The second kappa shape index (κ2) is 6.86. The molecule has 0 amide bonds. The molecule has 19 heavy (non-hydrogen) atoms. The second-order valence-electron chi connectivity index (χ2n) is 5.76. The van der Waals surface area contributed by atoms with Gasteiger partial charge < -0.3 is 10.2 Å². The number of likely N-dealkylation sites (N-methyl/N-ethyl adjacent to an activating group) is 1. The van der Waals surface area contributed by atoms with Crippen molar-refractivity contribution in [2.24, 2.45) is 5.92 Å². The van der Waals surface area contributed by atoms with Crippen LogP contribution in [-0.2, 0) is 6.54 Å². The van der Waals surface area contributed by atoms with Crippen LogP contribution in [0.4, 0.5) is 0 Å². The highest BCUT2D eigenvalue weighted by atomic mass is 79.9. The molecule has 1 fully saturated rings. The molecule has 2 atom stereocenters. The minimum absolute atomic E-state index is 0.645. The van der Waals surface area contributed by atoms with Crippen LogP contribution in [-0.4, -0.2) is 48.9 Å². The Morgan fingerprint density at radius 2 is 2.26 bits per heavy atom. The highest BCUT2D eigenvalue weighted by molar-refractivity contribution is 9.10. The first-order valence-electron chi connectivity index (χ1n) is 7.14. The van der Waals surface area contributed by atoms with Gasteiger partial charge in [0.1, 0.15) is 0 Å². The van der Waals surface area contributed by atoms with Gasteiger partial charge >= 0.3 is 0 Å². The third-order valence-electron chi connectivity index (χ3n) is 4.07. The zero-order valence-corrected chi connectivity index (χ0v) is 13.8. The van der Waals surface area contributed by atoms with E-state index in [1.165, 1.54) is 29.4 Å². The van der Waals surface area contributed by atoms with Crippen LogP contribution in [0.2, 0.25) is 0 Å². The average molecular weight is 329 g/mol. The first-order chi connectivity index (χ1) is 9.13. The second-order valence-corrected chi connectivity index (χ2v) is 6.61. The molecule has 0 radical (unpaired) electrons. The molecule has 1 aromatic heterocycles. The Kier molecular flexibility index (Phi) is 5.42. The molecule has 0 bridgehead atoms. The largest absolute Gasteiger partial charge is 0.319 e. The Labute approximate surface area is 124 Å². The maximum atomic E-state index is 4.55. The average Bonchev–Trinajstić information content (AvgIpc) is 2.94. The minimum atomic E-state index is 0.645. The topological polar surface area (TPSA) is 33.1 Å². The van der Waals surface area contributed by atoms with Gasteiger partial charge in [-0.25, -0.2) is 0 Å². The van der Waals surface area contributed by atoms with Gasteiger partial charge in [0.05, 0.1) is 22.9 Å². The molecule has 0 saturated heterocycles. The van der Waals surface area contributed by atoms with Crippen molar-refractivity contribution in [3.63, 3.8) is 0 Å². The van der Waals surface area contributed by atoms with E-state index >= 15 is 0 Å². The summed E-state index contributed by atoms with van der Waals surface area (Å²) >= 11 is 3.70. The number of aromatic nitrogens is 2. The molecule has 2 unspecified atom stereocenters. The minimum Gasteiger partial charge on any atom is -0.319 e. The van der Waals surface area contributed by atoms with E-state index in [2.05, 4.69) is 50.0 Å². The quantitative estimate of drug-likeness (QED) is 0.869. The van der Waals surface area contributed by atoms with Crippen molar-refractivity contribution in [2.75, 3.05) is 34.2 Å². The molecule has 5 heteroatoms. The summed E-state index contributed by atoms with van der Waals surface area (Å²) in [6.45, 7) is 3.11. The molecule has 2 rings (SSSR count). The predicted molar refractivity (Wildman–Crippen MR) is 82.5 cm³/mol. The number of hydrogen-bond acceptors (Lipinski definition) is 3. The summed E-state index contributed by atoms with van der Waals surface area (Å²) in [5.41, 5.74) is 1.40. The van der Waals surface area contributed by atoms with E-state index in [-0.39, 0.29) is 0 Å². The number of rotatable bonds is 6. The molecule has 4 nitrogen and oxygen atoms in total. The molecule has 108 valence electrons. The van der Waals surface area contributed by atoms with Crippen LogP contribution < -0.4 is 5.32 Å². The SMILES string of the molecule is CNCC1CCCC1c1c(Br)cnn1CCN(C)C. The Morgan fingerprint density at radius 1 is 1.47 bits per heavy atom. The molecular formula is C14H25BrN4. The van der Waals surface area contributed by atoms with Gasteiger partial charge in [0.15, 0.2) is 0 Å². The Bertz CT molecular complexity index is 402. The molecule has 1 heterocycles. The Balaban J connectivity index is 2.15. The highest BCUT2D eigenvalue weighted by Crippen LogP contribution is 2.41. The number of nitrogens with one attached hydrogen (secondary N) is 1. The van der Waals surface area contributed by atoms with Gasteiger partial charge in [0, 0.05) is 12.5 Å². The van der Waals surface area contributed by atoms with Crippen molar-refractivity contribution < 1.29 is 0 Å².